The Labute approximate surface area is 101 Å². The highest BCUT2D eigenvalue weighted by atomic mass is 19.4. The van der Waals surface area contributed by atoms with Crippen molar-refractivity contribution in [2.24, 2.45) is 0 Å². The number of alkyl halides is 3. The minimum absolute atomic E-state index is 0.266. The molecule has 104 valence electrons. The van der Waals surface area contributed by atoms with E-state index in [9.17, 15) is 13.2 Å². The highest BCUT2D eigenvalue weighted by molar-refractivity contribution is 4.49. The van der Waals surface area contributed by atoms with E-state index < -0.39 is 12.6 Å². The van der Waals surface area contributed by atoms with Crippen LogP contribution in [0.2, 0.25) is 0 Å². The van der Waals surface area contributed by atoms with Gasteiger partial charge in [0.15, 0.2) is 0 Å². The van der Waals surface area contributed by atoms with Gasteiger partial charge in [0, 0.05) is 19.7 Å². The van der Waals surface area contributed by atoms with E-state index in [-0.39, 0.29) is 6.61 Å². The molecule has 17 heavy (non-hydrogen) atoms. The van der Waals surface area contributed by atoms with Crippen molar-refractivity contribution in [3.8, 4) is 0 Å². The van der Waals surface area contributed by atoms with Crippen molar-refractivity contribution >= 4 is 0 Å². The lowest BCUT2D eigenvalue weighted by Gasteiger charge is -2.08. The summed E-state index contributed by atoms with van der Waals surface area (Å²) in [6.45, 7) is 4.77. The van der Waals surface area contributed by atoms with E-state index in [0.717, 1.165) is 19.4 Å². The second kappa shape index (κ2) is 10.8. The van der Waals surface area contributed by atoms with Crippen molar-refractivity contribution in [1.82, 2.24) is 5.32 Å². The Morgan fingerprint density at radius 2 is 1.53 bits per heavy atom. The molecule has 0 unspecified atom stereocenters. The summed E-state index contributed by atoms with van der Waals surface area (Å²) < 4.78 is 45.3. The van der Waals surface area contributed by atoms with Crippen molar-refractivity contribution < 1.29 is 22.6 Å². The van der Waals surface area contributed by atoms with E-state index in [1.807, 2.05) is 0 Å². The minimum Gasteiger partial charge on any atom is -0.380 e. The molecule has 1 N–H and O–H groups in total. The fourth-order valence-electron chi connectivity index (χ4n) is 1.05. The summed E-state index contributed by atoms with van der Waals surface area (Å²) in [5.74, 6) is 0. The maximum Gasteiger partial charge on any atom is 0.391 e. The first-order valence-electron chi connectivity index (χ1n) is 5.99. The van der Waals surface area contributed by atoms with E-state index in [1.54, 1.807) is 0 Å². The minimum atomic E-state index is -4.12. The molecule has 0 heterocycles. The van der Waals surface area contributed by atoms with Crippen molar-refractivity contribution in [2.75, 3.05) is 39.5 Å². The van der Waals surface area contributed by atoms with Gasteiger partial charge in [0.2, 0.25) is 0 Å². The zero-order chi connectivity index (χ0) is 13.0. The molecule has 0 saturated carbocycles. The summed E-state index contributed by atoms with van der Waals surface area (Å²) in [5, 5.41) is 3.03. The molecule has 0 aliphatic heterocycles. The van der Waals surface area contributed by atoms with Gasteiger partial charge < -0.3 is 14.8 Å². The van der Waals surface area contributed by atoms with Crippen LogP contribution in [-0.4, -0.2) is 45.7 Å². The summed E-state index contributed by atoms with van der Waals surface area (Å²) in [6, 6.07) is 0. The largest absolute Gasteiger partial charge is 0.391 e. The van der Waals surface area contributed by atoms with E-state index in [2.05, 4.69) is 12.2 Å². The summed E-state index contributed by atoms with van der Waals surface area (Å²) in [5.41, 5.74) is 0. The molecule has 0 rings (SSSR count). The molecule has 0 radical (unpaired) electrons. The topological polar surface area (TPSA) is 30.5 Å². The van der Waals surface area contributed by atoms with Crippen LogP contribution in [0.3, 0.4) is 0 Å². The summed E-state index contributed by atoms with van der Waals surface area (Å²) in [4.78, 5) is 0. The Morgan fingerprint density at radius 3 is 2.06 bits per heavy atom. The van der Waals surface area contributed by atoms with Crippen LogP contribution in [0.5, 0.6) is 0 Å². The molecule has 0 fully saturated rings. The summed E-state index contributed by atoms with van der Waals surface area (Å²) >= 11 is 0. The lowest BCUT2D eigenvalue weighted by Crippen LogP contribution is -2.24. The van der Waals surface area contributed by atoms with Crippen molar-refractivity contribution in [2.45, 2.75) is 32.4 Å². The van der Waals surface area contributed by atoms with Gasteiger partial charge in [-0.1, -0.05) is 13.3 Å². The normalized spacial score (nSPS) is 12.0. The van der Waals surface area contributed by atoms with Crippen LogP contribution in [0.15, 0.2) is 0 Å². The number of halogens is 3. The number of rotatable bonds is 11. The smallest absolute Gasteiger partial charge is 0.380 e. The van der Waals surface area contributed by atoms with Crippen LogP contribution >= 0.6 is 0 Å². The fourth-order valence-corrected chi connectivity index (χ4v) is 1.05. The third-order valence-corrected chi connectivity index (χ3v) is 2.02. The van der Waals surface area contributed by atoms with E-state index in [4.69, 9.17) is 9.47 Å². The highest BCUT2D eigenvalue weighted by Gasteiger charge is 2.26. The molecule has 0 aliphatic rings. The van der Waals surface area contributed by atoms with Gasteiger partial charge in [0.25, 0.3) is 0 Å². The van der Waals surface area contributed by atoms with Crippen LogP contribution in [0.25, 0.3) is 0 Å². The molecule has 0 amide bonds. The van der Waals surface area contributed by atoms with Crippen molar-refractivity contribution in [1.29, 1.82) is 0 Å². The van der Waals surface area contributed by atoms with Crippen LogP contribution in [-0.2, 0) is 9.47 Å². The Balaban J connectivity index is 2.99. The van der Waals surface area contributed by atoms with Gasteiger partial charge in [-0.25, -0.2) is 0 Å². The molecule has 0 aromatic heterocycles. The molecule has 0 aliphatic carbocycles. The monoisotopic (exact) mass is 257 g/mol. The Hall–Kier alpha value is -0.330. The molecular formula is C11H22F3NO2. The predicted molar refractivity (Wildman–Crippen MR) is 60.1 cm³/mol. The molecule has 6 heteroatoms. The lowest BCUT2D eigenvalue weighted by molar-refractivity contribution is -0.145. The Bertz CT molecular complexity index is 165. The van der Waals surface area contributed by atoms with Crippen LogP contribution < -0.4 is 5.32 Å². The second-order valence-corrected chi connectivity index (χ2v) is 3.69. The van der Waals surface area contributed by atoms with Crippen molar-refractivity contribution in [3.05, 3.63) is 0 Å². The average molecular weight is 257 g/mol. The maximum atomic E-state index is 11.7. The molecule has 0 aromatic rings. The third kappa shape index (κ3) is 15.7. The SMILES string of the molecule is CCCCOCCNCCOCCC(F)(F)F. The van der Waals surface area contributed by atoms with Crippen LogP contribution in [0.1, 0.15) is 26.2 Å². The van der Waals surface area contributed by atoms with Gasteiger partial charge >= 0.3 is 6.18 Å². The average Bonchev–Trinajstić information content (AvgIpc) is 2.24. The van der Waals surface area contributed by atoms with Gasteiger partial charge in [-0.3, -0.25) is 0 Å². The fraction of sp³-hybridized carbons (Fsp3) is 1.00. The number of ether oxygens (including phenoxy) is 2. The first-order chi connectivity index (χ1) is 8.06. The molecule has 0 bridgehead atoms. The second-order valence-electron chi connectivity index (χ2n) is 3.69. The van der Waals surface area contributed by atoms with Gasteiger partial charge in [-0.15, -0.1) is 0 Å². The number of unbranched alkanes of at least 4 members (excludes halogenated alkanes) is 1. The standard InChI is InChI=1S/C11H22F3NO2/c1-2-3-7-16-9-5-15-6-10-17-8-4-11(12,13)14/h15H,2-10H2,1H3. The van der Waals surface area contributed by atoms with Crippen LogP contribution in [0, 0.1) is 0 Å². The molecule has 0 atom stereocenters. The maximum absolute atomic E-state index is 11.7. The van der Waals surface area contributed by atoms with Gasteiger partial charge in [0.05, 0.1) is 26.2 Å². The third-order valence-electron chi connectivity index (χ3n) is 2.02. The quantitative estimate of drug-likeness (QED) is 0.576. The Kier molecular flexibility index (Phi) is 10.6. The van der Waals surface area contributed by atoms with Gasteiger partial charge in [0.1, 0.15) is 0 Å². The van der Waals surface area contributed by atoms with Gasteiger partial charge in [-0.2, -0.15) is 13.2 Å². The number of hydrogen-bond donors (Lipinski definition) is 1. The van der Waals surface area contributed by atoms with Gasteiger partial charge in [-0.05, 0) is 6.42 Å². The van der Waals surface area contributed by atoms with E-state index in [1.165, 1.54) is 0 Å². The summed E-state index contributed by atoms with van der Waals surface area (Å²) in [7, 11) is 0. The van der Waals surface area contributed by atoms with Crippen LogP contribution in [0.4, 0.5) is 13.2 Å². The van der Waals surface area contributed by atoms with Crippen molar-refractivity contribution in [3.63, 3.8) is 0 Å². The van der Waals surface area contributed by atoms with E-state index >= 15 is 0 Å². The zero-order valence-corrected chi connectivity index (χ0v) is 10.3. The lowest BCUT2D eigenvalue weighted by atomic mass is 10.4. The highest BCUT2D eigenvalue weighted by Crippen LogP contribution is 2.18. The molecular weight excluding hydrogens is 235 g/mol. The molecule has 0 aromatic carbocycles. The molecule has 0 saturated heterocycles. The number of nitrogens with one attached hydrogen (secondary N) is 1. The number of hydrogen-bond acceptors (Lipinski definition) is 3. The predicted octanol–water partition coefficient (Wildman–Crippen LogP) is 2.36. The first-order valence-corrected chi connectivity index (χ1v) is 5.99. The molecule has 3 nitrogen and oxygen atoms in total. The molecule has 0 spiro atoms. The Morgan fingerprint density at radius 1 is 0.941 bits per heavy atom. The summed E-state index contributed by atoms with van der Waals surface area (Å²) in [6.07, 6.45) is -2.84. The van der Waals surface area contributed by atoms with E-state index in [0.29, 0.717) is 26.3 Å². The zero-order valence-electron chi connectivity index (χ0n) is 10.3. The first kappa shape index (κ1) is 16.7.